The number of carbonyl (C=O) groups excluding carboxylic acids is 2. The molecule has 0 radical (unpaired) electrons. The Morgan fingerprint density at radius 2 is 2.28 bits per heavy atom. The van der Waals surface area contributed by atoms with Crippen molar-refractivity contribution in [3.8, 4) is 0 Å². The van der Waals surface area contributed by atoms with E-state index in [-0.39, 0.29) is 17.9 Å². The predicted octanol–water partition coefficient (Wildman–Crippen LogP) is 1.25. The molecule has 8 nitrogen and oxygen atoms in total. The lowest BCUT2D eigenvalue weighted by Gasteiger charge is -2.25. The van der Waals surface area contributed by atoms with Gasteiger partial charge in [0.1, 0.15) is 11.8 Å². The van der Waals surface area contributed by atoms with Crippen molar-refractivity contribution >= 4 is 28.3 Å². The fraction of sp³-hybridized carbons (Fsp3) is 0.438. The molecule has 1 N–H and O–H groups in total. The highest BCUT2D eigenvalue weighted by molar-refractivity contribution is 7.15. The Morgan fingerprint density at radius 1 is 1.36 bits per heavy atom. The largest absolute Gasteiger partial charge is 0.368 e. The third-order valence-corrected chi connectivity index (χ3v) is 5.25. The molecule has 2 aromatic rings. The summed E-state index contributed by atoms with van der Waals surface area (Å²) in [4.78, 5) is 39.8. The molecule has 9 heteroatoms. The van der Waals surface area contributed by atoms with Crippen LogP contribution < -0.4 is 5.32 Å². The summed E-state index contributed by atoms with van der Waals surface area (Å²) >= 11 is 1.41. The van der Waals surface area contributed by atoms with Crippen LogP contribution in [0.3, 0.4) is 0 Å². The van der Waals surface area contributed by atoms with Gasteiger partial charge in [0.25, 0.3) is 11.8 Å². The van der Waals surface area contributed by atoms with E-state index in [0.717, 1.165) is 23.4 Å². The molecule has 0 aromatic carbocycles. The zero-order chi connectivity index (χ0) is 17.2. The molecule has 0 saturated carbocycles. The van der Waals surface area contributed by atoms with Crippen molar-refractivity contribution in [3.05, 3.63) is 34.9 Å². The lowest BCUT2D eigenvalue weighted by atomic mass is 10.1. The van der Waals surface area contributed by atoms with Gasteiger partial charge < -0.3 is 9.64 Å². The van der Waals surface area contributed by atoms with Crippen LogP contribution in [0.25, 0.3) is 0 Å². The van der Waals surface area contributed by atoms with Crippen LogP contribution in [-0.2, 0) is 22.5 Å². The zero-order valence-corrected chi connectivity index (χ0v) is 14.3. The summed E-state index contributed by atoms with van der Waals surface area (Å²) < 4.78 is 5.39. The average molecular weight is 359 g/mol. The van der Waals surface area contributed by atoms with Gasteiger partial charge in [-0.25, -0.2) is 9.97 Å². The van der Waals surface area contributed by atoms with Crippen molar-refractivity contribution in [1.29, 1.82) is 0 Å². The molecule has 130 valence electrons. The highest BCUT2D eigenvalue weighted by Gasteiger charge is 2.28. The van der Waals surface area contributed by atoms with Gasteiger partial charge in [0.2, 0.25) is 0 Å². The first-order valence-corrected chi connectivity index (χ1v) is 8.98. The second-order valence-corrected chi connectivity index (χ2v) is 7.03. The minimum absolute atomic E-state index is 0.142. The minimum atomic E-state index is -0.379. The number of amides is 2. The Bertz CT molecular complexity index is 788. The first-order chi connectivity index (χ1) is 12.2. The van der Waals surface area contributed by atoms with Crippen molar-refractivity contribution in [1.82, 2.24) is 19.9 Å². The van der Waals surface area contributed by atoms with Crippen LogP contribution in [0.1, 0.15) is 33.9 Å². The maximum Gasteiger partial charge on any atom is 0.274 e. The number of nitrogens with zero attached hydrogens (tertiary/aromatic N) is 4. The van der Waals surface area contributed by atoms with Crippen LogP contribution in [0.2, 0.25) is 0 Å². The van der Waals surface area contributed by atoms with Crippen molar-refractivity contribution in [3.63, 3.8) is 0 Å². The number of hydrogen-bond donors (Lipinski definition) is 1. The van der Waals surface area contributed by atoms with Crippen molar-refractivity contribution in [2.24, 2.45) is 0 Å². The maximum atomic E-state index is 12.5. The first kappa shape index (κ1) is 16.1. The highest BCUT2D eigenvalue weighted by atomic mass is 32.1. The second-order valence-electron chi connectivity index (χ2n) is 5.95. The van der Waals surface area contributed by atoms with Crippen LogP contribution in [-0.4, -0.2) is 50.9 Å². The van der Waals surface area contributed by atoms with E-state index in [1.54, 1.807) is 4.90 Å². The van der Waals surface area contributed by atoms with Crippen LogP contribution in [0.5, 0.6) is 0 Å². The summed E-state index contributed by atoms with van der Waals surface area (Å²) in [5, 5.41) is 3.40. The fourth-order valence-corrected chi connectivity index (χ4v) is 3.99. The van der Waals surface area contributed by atoms with Crippen molar-refractivity contribution in [2.75, 3.05) is 18.5 Å². The molecule has 1 fully saturated rings. The van der Waals surface area contributed by atoms with Gasteiger partial charge in [0.05, 0.1) is 18.4 Å². The Balaban J connectivity index is 1.44. The monoisotopic (exact) mass is 359 g/mol. The molecule has 0 bridgehead atoms. The fourth-order valence-electron chi connectivity index (χ4n) is 2.96. The number of hydrogen-bond acceptors (Lipinski definition) is 7. The smallest absolute Gasteiger partial charge is 0.274 e. The second kappa shape index (κ2) is 6.85. The summed E-state index contributed by atoms with van der Waals surface area (Å²) in [7, 11) is 0. The van der Waals surface area contributed by atoms with Gasteiger partial charge in [-0.1, -0.05) is 11.3 Å². The Kier molecular flexibility index (Phi) is 4.41. The molecule has 1 saturated heterocycles. The van der Waals surface area contributed by atoms with Gasteiger partial charge in [-0.2, -0.15) is 0 Å². The topological polar surface area (TPSA) is 97.3 Å². The number of aromatic nitrogens is 3. The SMILES string of the molecule is O=C(Nc1nc2c(s1)CN(C(=O)c1cnccn1)CC2)C1CCCO1. The maximum absolute atomic E-state index is 12.5. The lowest BCUT2D eigenvalue weighted by Crippen LogP contribution is -2.36. The van der Waals surface area contributed by atoms with Gasteiger partial charge in [-0.05, 0) is 12.8 Å². The average Bonchev–Trinajstić information content (AvgIpc) is 3.30. The Morgan fingerprint density at radius 3 is 3.04 bits per heavy atom. The number of fused-ring (bicyclic) bond motifs is 1. The van der Waals surface area contributed by atoms with Crippen molar-refractivity contribution < 1.29 is 14.3 Å². The van der Waals surface area contributed by atoms with Gasteiger partial charge >= 0.3 is 0 Å². The minimum Gasteiger partial charge on any atom is -0.368 e. The van der Waals surface area contributed by atoms with Gasteiger partial charge in [0.15, 0.2) is 5.13 Å². The first-order valence-electron chi connectivity index (χ1n) is 8.17. The molecular weight excluding hydrogens is 342 g/mol. The Labute approximate surface area is 148 Å². The molecule has 0 aliphatic carbocycles. The number of thiazole rings is 1. The van der Waals surface area contributed by atoms with Crippen LogP contribution >= 0.6 is 11.3 Å². The van der Waals surface area contributed by atoms with E-state index in [9.17, 15) is 9.59 Å². The number of ether oxygens (including phenoxy) is 1. The van der Waals surface area contributed by atoms with Gasteiger partial charge in [-0.3, -0.25) is 19.9 Å². The van der Waals surface area contributed by atoms with E-state index in [1.807, 2.05) is 0 Å². The molecule has 25 heavy (non-hydrogen) atoms. The molecular formula is C16H17N5O3S. The predicted molar refractivity (Wildman–Crippen MR) is 90.2 cm³/mol. The van der Waals surface area contributed by atoms with Gasteiger partial charge in [-0.15, -0.1) is 0 Å². The van der Waals surface area contributed by atoms with Crippen LogP contribution in [0.4, 0.5) is 5.13 Å². The third-order valence-electron chi connectivity index (χ3n) is 4.25. The molecule has 2 aromatic heterocycles. The van der Waals surface area contributed by atoms with Gasteiger partial charge in [0, 0.05) is 36.8 Å². The molecule has 1 unspecified atom stereocenters. The van der Waals surface area contributed by atoms with E-state index in [4.69, 9.17) is 4.74 Å². The van der Waals surface area contributed by atoms with E-state index >= 15 is 0 Å². The molecule has 1 atom stereocenters. The zero-order valence-electron chi connectivity index (χ0n) is 13.5. The molecule has 4 rings (SSSR count). The molecule has 0 spiro atoms. The summed E-state index contributed by atoms with van der Waals surface area (Å²) in [6, 6.07) is 0. The van der Waals surface area contributed by atoms with E-state index in [1.165, 1.54) is 29.9 Å². The normalized spacial score (nSPS) is 19.5. The van der Waals surface area contributed by atoms with E-state index in [2.05, 4.69) is 20.3 Å². The number of anilines is 1. The lowest BCUT2D eigenvalue weighted by molar-refractivity contribution is -0.124. The number of carbonyl (C=O) groups is 2. The summed E-state index contributed by atoms with van der Waals surface area (Å²) in [5.74, 6) is -0.284. The molecule has 4 heterocycles. The standard InChI is InChI=1S/C16H17N5O3S/c22-14(12-2-1-7-24-12)20-16-19-10-3-6-21(9-13(10)25-16)15(23)11-8-17-4-5-18-11/h4-5,8,12H,1-3,6-7,9H2,(H,19,20,22). The molecule has 2 amide bonds. The van der Waals surface area contributed by atoms with E-state index < -0.39 is 0 Å². The summed E-state index contributed by atoms with van der Waals surface area (Å²) in [5.41, 5.74) is 1.28. The third kappa shape index (κ3) is 3.38. The summed E-state index contributed by atoms with van der Waals surface area (Å²) in [6.45, 7) is 1.68. The number of rotatable bonds is 3. The van der Waals surface area contributed by atoms with E-state index in [0.29, 0.717) is 36.9 Å². The Hall–Kier alpha value is -2.39. The summed E-state index contributed by atoms with van der Waals surface area (Å²) in [6.07, 6.45) is 6.45. The van der Waals surface area contributed by atoms with Crippen molar-refractivity contribution in [2.45, 2.75) is 31.9 Å². The number of nitrogens with one attached hydrogen (secondary N) is 1. The molecule has 2 aliphatic rings. The van der Waals surface area contributed by atoms with Crippen LogP contribution in [0.15, 0.2) is 18.6 Å². The highest BCUT2D eigenvalue weighted by Crippen LogP contribution is 2.29. The molecule has 2 aliphatic heterocycles. The van der Waals surface area contributed by atoms with Crippen LogP contribution in [0, 0.1) is 0 Å². The quantitative estimate of drug-likeness (QED) is 0.886.